The van der Waals surface area contributed by atoms with E-state index in [0.717, 1.165) is 31.3 Å². The van der Waals surface area contributed by atoms with Crippen molar-refractivity contribution in [1.82, 2.24) is 0 Å². The van der Waals surface area contributed by atoms with E-state index in [-0.39, 0.29) is 0 Å². The fraction of sp³-hybridized carbons (Fsp3) is 0.226. The molecule has 0 nitrogen and oxygen atoms in total. The summed E-state index contributed by atoms with van der Waals surface area (Å²) in [6.07, 6.45) is 9.12. The Hall–Kier alpha value is -3.12. The minimum absolute atomic E-state index is 0.554. The molecule has 0 aromatic heterocycles. The molecule has 0 fully saturated rings. The van der Waals surface area contributed by atoms with Crippen LogP contribution in [-0.2, 0) is 19.3 Å². The van der Waals surface area contributed by atoms with E-state index in [1.165, 1.54) is 44.5 Å². The van der Waals surface area contributed by atoms with Gasteiger partial charge in [0.25, 0.3) is 0 Å². The number of hydrogen-bond donors (Lipinski definition) is 0. The lowest BCUT2D eigenvalue weighted by Crippen LogP contribution is -2.10. The Kier molecular flexibility index (Phi) is 5.24. The van der Waals surface area contributed by atoms with Gasteiger partial charge in [0, 0.05) is 0 Å². The second-order valence-corrected chi connectivity index (χ2v) is 9.08. The molecule has 0 spiro atoms. The van der Waals surface area contributed by atoms with Gasteiger partial charge in [-0.2, -0.15) is 0 Å². The highest BCUT2D eigenvalue weighted by Crippen LogP contribution is 2.41. The molecule has 0 saturated carbocycles. The molecule has 0 heteroatoms. The van der Waals surface area contributed by atoms with Gasteiger partial charge >= 0.3 is 0 Å². The standard InChI is InChI=1S/C31H30/c1-4-22-9-16-31-29(17-22)20-28(19-27-7-5-6-8-30(27)31)26-15-14-25(18-26)24-12-10-23(11-13-24)21(2)3/h5-17,28H,2,4,18-20H2,1,3H3. The highest BCUT2D eigenvalue weighted by molar-refractivity contribution is 5.76. The number of hydrogen-bond acceptors (Lipinski definition) is 0. The number of rotatable bonds is 4. The molecule has 0 amide bonds. The van der Waals surface area contributed by atoms with Gasteiger partial charge in [0.1, 0.15) is 0 Å². The van der Waals surface area contributed by atoms with E-state index in [1.807, 2.05) is 0 Å². The molecule has 0 heterocycles. The monoisotopic (exact) mass is 402 g/mol. The van der Waals surface area contributed by atoms with Crippen LogP contribution in [0.3, 0.4) is 0 Å². The second-order valence-electron chi connectivity index (χ2n) is 9.08. The molecule has 1 atom stereocenters. The summed E-state index contributed by atoms with van der Waals surface area (Å²) >= 11 is 0. The largest absolute Gasteiger partial charge is 0.0955 e. The first-order chi connectivity index (χ1) is 15.1. The average molecular weight is 403 g/mol. The Labute approximate surface area is 186 Å². The second kappa shape index (κ2) is 8.19. The van der Waals surface area contributed by atoms with Crippen LogP contribution in [0.2, 0.25) is 0 Å². The van der Waals surface area contributed by atoms with Crippen molar-refractivity contribution in [2.75, 3.05) is 0 Å². The van der Waals surface area contributed by atoms with E-state index in [2.05, 4.69) is 99.3 Å². The zero-order valence-corrected chi connectivity index (χ0v) is 18.6. The topological polar surface area (TPSA) is 0 Å². The van der Waals surface area contributed by atoms with Crippen molar-refractivity contribution < 1.29 is 0 Å². The molecule has 0 saturated heterocycles. The maximum Gasteiger partial charge on any atom is -0.00550 e. The van der Waals surface area contributed by atoms with Crippen LogP contribution in [0, 0.1) is 5.92 Å². The number of fused-ring (bicyclic) bond motifs is 3. The third kappa shape index (κ3) is 3.83. The third-order valence-electron chi connectivity index (χ3n) is 6.98. The first-order valence-electron chi connectivity index (χ1n) is 11.5. The van der Waals surface area contributed by atoms with Crippen LogP contribution in [0.5, 0.6) is 0 Å². The van der Waals surface area contributed by atoms with Crippen LogP contribution < -0.4 is 0 Å². The molecule has 1 unspecified atom stereocenters. The lowest BCUT2D eigenvalue weighted by molar-refractivity contribution is 0.605. The molecule has 0 bridgehead atoms. The van der Waals surface area contributed by atoms with E-state index >= 15 is 0 Å². The first kappa shape index (κ1) is 19.8. The zero-order chi connectivity index (χ0) is 21.4. The number of allylic oxidation sites excluding steroid dienone is 5. The van der Waals surface area contributed by atoms with Crippen molar-refractivity contribution in [1.29, 1.82) is 0 Å². The fourth-order valence-corrected chi connectivity index (χ4v) is 5.12. The van der Waals surface area contributed by atoms with E-state index < -0.39 is 0 Å². The molecule has 0 radical (unpaired) electrons. The molecule has 2 aliphatic carbocycles. The maximum absolute atomic E-state index is 4.06. The molecule has 31 heavy (non-hydrogen) atoms. The summed E-state index contributed by atoms with van der Waals surface area (Å²) in [5.41, 5.74) is 14.0. The van der Waals surface area contributed by atoms with Gasteiger partial charge in [-0.05, 0) is 83.0 Å². The van der Waals surface area contributed by atoms with Crippen molar-refractivity contribution in [2.24, 2.45) is 5.92 Å². The maximum atomic E-state index is 4.06. The van der Waals surface area contributed by atoms with Crippen LogP contribution in [0.25, 0.3) is 22.3 Å². The number of aryl methyl sites for hydroxylation is 1. The van der Waals surface area contributed by atoms with Gasteiger partial charge in [-0.25, -0.2) is 0 Å². The smallest absolute Gasteiger partial charge is 0.00550 e. The van der Waals surface area contributed by atoms with E-state index in [1.54, 1.807) is 5.57 Å². The summed E-state index contributed by atoms with van der Waals surface area (Å²) in [7, 11) is 0. The van der Waals surface area contributed by atoms with Crippen LogP contribution >= 0.6 is 0 Å². The van der Waals surface area contributed by atoms with Gasteiger partial charge in [-0.3, -0.25) is 0 Å². The Bertz CT molecular complexity index is 1200. The molecule has 3 aromatic carbocycles. The summed E-state index contributed by atoms with van der Waals surface area (Å²) in [5.74, 6) is 0.554. The molecule has 2 aliphatic rings. The minimum Gasteiger partial charge on any atom is -0.0955 e. The Balaban J connectivity index is 1.43. The van der Waals surface area contributed by atoms with E-state index in [9.17, 15) is 0 Å². The van der Waals surface area contributed by atoms with Gasteiger partial charge in [0.05, 0.1) is 0 Å². The van der Waals surface area contributed by atoms with Gasteiger partial charge in [-0.1, -0.05) is 104 Å². The van der Waals surface area contributed by atoms with Gasteiger partial charge < -0.3 is 0 Å². The van der Waals surface area contributed by atoms with E-state index in [0.29, 0.717) is 5.92 Å². The van der Waals surface area contributed by atoms with Crippen molar-refractivity contribution in [3.05, 3.63) is 119 Å². The lowest BCUT2D eigenvalue weighted by atomic mass is 9.86. The summed E-state index contributed by atoms with van der Waals surface area (Å²) in [6.45, 7) is 8.37. The predicted octanol–water partition coefficient (Wildman–Crippen LogP) is 8.08. The summed E-state index contributed by atoms with van der Waals surface area (Å²) in [6, 6.07) is 25.0. The SMILES string of the molecule is C=C(C)c1ccc(C2=CC=C(C3Cc4ccccc4-c4ccc(CC)cc4C3)C2)cc1. The van der Waals surface area contributed by atoms with Gasteiger partial charge in [0.2, 0.25) is 0 Å². The van der Waals surface area contributed by atoms with Crippen LogP contribution in [0.1, 0.15) is 48.1 Å². The highest BCUT2D eigenvalue weighted by atomic mass is 14.3. The number of benzene rings is 3. The Morgan fingerprint density at radius 1 is 0.871 bits per heavy atom. The van der Waals surface area contributed by atoms with Crippen LogP contribution in [-0.4, -0.2) is 0 Å². The van der Waals surface area contributed by atoms with Gasteiger partial charge in [-0.15, -0.1) is 0 Å². The Morgan fingerprint density at radius 3 is 2.39 bits per heavy atom. The molecular weight excluding hydrogens is 372 g/mol. The molecule has 154 valence electrons. The van der Waals surface area contributed by atoms with Gasteiger partial charge in [0.15, 0.2) is 0 Å². The average Bonchev–Trinajstić information content (AvgIpc) is 3.23. The third-order valence-corrected chi connectivity index (χ3v) is 6.98. The molecular formula is C31H30. The van der Waals surface area contributed by atoms with Crippen molar-refractivity contribution in [3.8, 4) is 11.1 Å². The highest BCUT2D eigenvalue weighted by Gasteiger charge is 2.25. The first-order valence-corrected chi connectivity index (χ1v) is 11.5. The molecule has 0 N–H and O–H groups in total. The van der Waals surface area contributed by atoms with Crippen molar-refractivity contribution >= 4 is 11.1 Å². The Morgan fingerprint density at radius 2 is 1.61 bits per heavy atom. The lowest BCUT2D eigenvalue weighted by Gasteiger charge is -2.18. The molecule has 3 aromatic rings. The molecule has 0 aliphatic heterocycles. The minimum atomic E-state index is 0.554. The normalized spacial score (nSPS) is 17.3. The van der Waals surface area contributed by atoms with Crippen LogP contribution in [0.4, 0.5) is 0 Å². The predicted molar refractivity (Wildman–Crippen MR) is 134 cm³/mol. The molecule has 5 rings (SSSR count). The fourth-order valence-electron chi connectivity index (χ4n) is 5.12. The van der Waals surface area contributed by atoms with E-state index in [4.69, 9.17) is 0 Å². The summed E-state index contributed by atoms with van der Waals surface area (Å²) in [4.78, 5) is 0. The summed E-state index contributed by atoms with van der Waals surface area (Å²) in [5, 5.41) is 0. The van der Waals surface area contributed by atoms with Crippen molar-refractivity contribution in [3.63, 3.8) is 0 Å². The zero-order valence-electron chi connectivity index (χ0n) is 18.6. The quantitative estimate of drug-likeness (QED) is 0.414. The summed E-state index contributed by atoms with van der Waals surface area (Å²) < 4.78 is 0. The van der Waals surface area contributed by atoms with Crippen LogP contribution in [0.15, 0.2) is 91.0 Å². The van der Waals surface area contributed by atoms with Crippen molar-refractivity contribution in [2.45, 2.75) is 39.5 Å².